The van der Waals surface area contributed by atoms with Crippen LogP contribution in [0.15, 0.2) is 368 Å². The second-order valence-corrected chi connectivity index (χ2v) is 33.4. The fourth-order valence-electron chi connectivity index (χ4n) is 20.6. The van der Waals surface area contributed by atoms with Gasteiger partial charge in [-0.1, -0.05) is 279 Å². The quantitative estimate of drug-likeness (QED) is 0.142. The lowest BCUT2D eigenvalue weighted by atomic mass is 9.95. The van der Waals surface area contributed by atoms with Gasteiger partial charge in [0, 0.05) is 119 Å². The summed E-state index contributed by atoms with van der Waals surface area (Å²) >= 11 is 1.84. The van der Waals surface area contributed by atoms with E-state index in [2.05, 4.69) is 333 Å². The van der Waals surface area contributed by atoms with Crippen molar-refractivity contribution in [1.82, 2.24) is 47.8 Å². The molecule has 0 saturated heterocycles. The van der Waals surface area contributed by atoms with Gasteiger partial charge >= 0.3 is 0 Å². The summed E-state index contributed by atoms with van der Waals surface area (Å²) < 4.78 is 19.4. The Bertz CT molecular complexity index is 9350. The third-order valence-corrected chi connectivity index (χ3v) is 27.1. The summed E-state index contributed by atoms with van der Waals surface area (Å²) in [6, 6.07) is 132. The van der Waals surface area contributed by atoms with Gasteiger partial charge in [0.2, 0.25) is 0 Å². The monoisotopic (exact) mass is 1570 g/mol. The summed E-state index contributed by atoms with van der Waals surface area (Å²) in [6.45, 7) is 0. The van der Waals surface area contributed by atoms with Crippen LogP contribution in [0.2, 0.25) is 0 Å². The zero-order chi connectivity index (χ0) is 79.3. The number of furan rings is 1. The summed E-state index contributed by atoms with van der Waals surface area (Å²) in [5, 5.41) is 23.5. The van der Waals surface area contributed by atoms with Crippen molar-refractivity contribution in [2.75, 3.05) is 0 Å². The molecule has 28 rings (SSSR count). The summed E-state index contributed by atoms with van der Waals surface area (Å²) in [6.07, 6.45) is 0. The van der Waals surface area contributed by atoms with Crippen molar-refractivity contribution >= 4 is 195 Å². The Morgan fingerprint density at radius 2 is 0.648 bits per heavy atom. The Labute approximate surface area is 697 Å². The van der Waals surface area contributed by atoms with Crippen LogP contribution < -0.4 is 0 Å². The molecule has 10 heterocycles. The highest BCUT2D eigenvalue weighted by molar-refractivity contribution is 7.26. The van der Waals surface area contributed by atoms with E-state index in [1.165, 1.54) is 96.1 Å². The molecule has 122 heavy (non-hydrogen) atoms. The largest absolute Gasteiger partial charge is 0.456 e. The van der Waals surface area contributed by atoms with Gasteiger partial charge in [0.15, 0.2) is 34.9 Å². The molecule has 0 amide bonds. The van der Waals surface area contributed by atoms with Gasteiger partial charge in [-0.2, -0.15) is 0 Å². The van der Waals surface area contributed by atoms with Gasteiger partial charge in [0.1, 0.15) is 11.2 Å². The second-order valence-electron chi connectivity index (χ2n) is 32.3. The van der Waals surface area contributed by atoms with Crippen LogP contribution in [0.1, 0.15) is 0 Å². The van der Waals surface area contributed by atoms with Gasteiger partial charge in [-0.05, 0) is 118 Å². The number of para-hydroxylation sites is 4. The minimum atomic E-state index is 0.536. The van der Waals surface area contributed by atoms with Crippen molar-refractivity contribution in [3.63, 3.8) is 0 Å². The van der Waals surface area contributed by atoms with E-state index >= 15 is 0 Å². The van der Waals surface area contributed by atoms with Crippen LogP contribution in [-0.2, 0) is 0 Å². The van der Waals surface area contributed by atoms with E-state index in [9.17, 15) is 0 Å². The molecule has 11 nitrogen and oxygen atoms in total. The van der Waals surface area contributed by atoms with Crippen LogP contribution in [0.5, 0.6) is 0 Å². The third kappa shape index (κ3) is 9.21. The molecular formula is C110H60N10OS. The van der Waals surface area contributed by atoms with Crippen LogP contribution in [0.4, 0.5) is 0 Å². The second kappa shape index (κ2) is 24.7. The fourth-order valence-corrected chi connectivity index (χ4v) is 21.8. The minimum Gasteiger partial charge on any atom is -0.456 e. The zero-order valence-corrected chi connectivity index (χ0v) is 65.7. The number of aromatic nitrogens is 10. The topological polar surface area (TPSA) is 109 Å². The Balaban J connectivity index is 0.646. The van der Waals surface area contributed by atoms with Gasteiger partial charge in [-0.3, -0.25) is 0 Å². The molecule has 12 heteroatoms. The van der Waals surface area contributed by atoms with Crippen LogP contribution in [0.3, 0.4) is 0 Å². The maximum absolute atomic E-state index is 7.00. The standard InChI is InChI=1S/C110H60N10OS/c1-4-25-64(26-5-1)105-111-106(65-27-6-2-7-28-65)115-110(114-105)69-54-93(101-79-36-16-20-41-95(79)121-96(101)56-69)117-87-51-47-61-23-11-13-32-71(61)99(87)83-58-84-92(60-90(83)117)120-86-40-19-15-34-74(86)78-50-49-72(100(84)103(78)120)63-43-45-67(46-44-63)108-112-107(66-29-8-3-9-30-66)113-109(116-108)68-53-81-75-35-17-21-42-97(75)122-104(81)94(55-68)118-88-52-48-62-24-10-12-31-70(62)98(88)82-57-80-77-38-22-37-76-73-33-14-18-39-85(73)119(102(76)77)89(80)59-91(82)118/h1-60H. The van der Waals surface area contributed by atoms with Crippen molar-refractivity contribution in [3.8, 4) is 90.8 Å². The molecule has 0 fully saturated rings. The molecular weight excluding hydrogens is 1510 g/mol. The van der Waals surface area contributed by atoms with Crippen LogP contribution >= 0.6 is 11.3 Å². The average Bonchev–Trinajstić information content (AvgIpc) is 1.52. The first-order chi connectivity index (χ1) is 60.5. The highest BCUT2D eigenvalue weighted by Crippen LogP contribution is 2.52. The third-order valence-electron chi connectivity index (χ3n) is 25.9. The normalized spacial score (nSPS) is 12.4. The number of benzene rings is 18. The summed E-state index contributed by atoms with van der Waals surface area (Å²) in [7, 11) is 0. The van der Waals surface area contributed by atoms with E-state index in [0.717, 1.165) is 143 Å². The molecule has 0 unspecified atom stereocenters. The maximum atomic E-state index is 7.00. The van der Waals surface area contributed by atoms with Gasteiger partial charge in [0.05, 0.1) is 76.6 Å². The molecule has 0 saturated carbocycles. The van der Waals surface area contributed by atoms with Gasteiger partial charge in [-0.15, -0.1) is 11.3 Å². The van der Waals surface area contributed by atoms with E-state index in [-0.39, 0.29) is 0 Å². The van der Waals surface area contributed by atoms with Crippen molar-refractivity contribution in [2.24, 2.45) is 0 Å². The summed E-state index contributed by atoms with van der Waals surface area (Å²) in [5.74, 6) is 3.45. The zero-order valence-electron chi connectivity index (χ0n) is 64.9. The number of thiophene rings is 1. The molecule has 0 radical (unpaired) electrons. The predicted molar refractivity (Wildman–Crippen MR) is 504 cm³/mol. The summed E-state index contributed by atoms with van der Waals surface area (Å²) in [5.41, 5.74) is 22.4. The first-order valence-electron chi connectivity index (χ1n) is 41.3. The smallest absolute Gasteiger partial charge is 0.164 e. The van der Waals surface area contributed by atoms with Crippen LogP contribution in [0, 0.1) is 0 Å². The van der Waals surface area contributed by atoms with Crippen LogP contribution in [0.25, 0.3) is 274 Å². The Morgan fingerprint density at radius 1 is 0.213 bits per heavy atom. The van der Waals surface area contributed by atoms with Gasteiger partial charge in [-0.25, -0.2) is 29.9 Å². The fraction of sp³-hybridized carbons (Fsp3) is 0. The molecule has 562 valence electrons. The van der Waals surface area contributed by atoms with Gasteiger partial charge in [0.25, 0.3) is 0 Å². The molecule has 0 N–H and O–H groups in total. The highest BCUT2D eigenvalue weighted by Gasteiger charge is 2.30. The number of hydrogen-bond donors (Lipinski definition) is 0. The van der Waals surface area contributed by atoms with Crippen LogP contribution in [-0.4, -0.2) is 47.8 Å². The van der Waals surface area contributed by atoms with E-state index in [4.69, 9.17) is 34.3 Å². The number of hydrogen-bond acceptors (Lipinski definition) is 8. The Kier molecular flexibility index (Phi) is 13.3. The first-order valence-corrected chi connectivity index (χ1v) is 42.1. The lowest BCUT2D eigenvalue weighted by molar-refractivity contribution is 0.669. The molecule has 10 aromatic heterocycles. The first kappa shape index (κ1) is 65.8. The van der Waals surface area contributed by atoms with Crippen molar-refractivity contribution < 1.29 is 4.42 Å². The maximum Gasteiger partial charge on any atom is 0.164 e. The molecule has 0 aliphatic heterocycles. The van der Waals surface area contributed by atoms with Crippen molar-refractivity contribution in [1.29, 1.82) is 0 Å². The molecule has 0 aliphatic carbocycles. The molecule has 28 aromatic rings. The van der Waals surface area contributed by atoms with Crippen molar-refractivity contribution in [2.45, 2.75) is 0 Å². The number of nitrogens with zero attached hydrogens (tertiary/aromatic N) is 10. The van der Waals surface area contributed by atoms with Crippen molar-refractivity contribution in [3.05, 3.63) is 364 Å². The average molecular weight is 1570 g/mol. The molecule has 0 aliphatic rings. The lowest BCUT2D eigenvalue weighted by Crippen LogP contribution is -2.01. The molecule has 0 spiro atoms. The van der Waals surface area contributed by atoms with Gasteiger partial charge < -0.3 is 22.4 Å². The predicted octanol–water partition coefficient (Wildman–Crippen LogP) is 28.8. The Morgan fingerprint density at radius 3 is 1.25 bits per heavy atom. The number of rotatable bonds is 9. The molecule has 0 atom stereocenters. The SMILES string of the molecule is c1ccc(-c2nc(-c3ccccc3)nc(-c3cc(-n4c5cc6c(cc5c5c7ccccc7ccc54)c4c(-c5ccc(-c7nc(-c8ccccc8)nc(-c8cc(-n9c%10cc%11c(cc%10c%10c%12ccccc%12ccc%109)c9cccc%10c%12ccccc%12n%11c%109)c9sc%10ccccc%10c9c8)n7)cc5)ccc5c7ccccc7n6c54)c4c(c3)oc3ccccc34)n2)cc1. The molecule has 18 aromatic carbocycles. The molecule has 0 bridgehead atoms. The van der Waals surface area contributed by atoms with E-state index in [1.54, 1.807) is 0 Å². The van der Waals surface area contributed by atoms with E-state index in [0.29, 0.717) is 34.9 Å². The number of fused-ring (bicyclic) bond motifs is 28. The van der Waals surface area contributed by atoms with E-state index in [1.807, 2.05) is 59.9 Å². The van der Waals surface area contributed by atoms with E-state index < -0.39 is 0 Å². The minimum absolute atomic E-state index is 0.536. The highest BCUT2D eigenvalue weighted by atomic mass is 32.1. The summed E-state index contributed by atoms with van der Waals surface area (Å²) in [4.78, 5) is 32.4. The lowest BCUT2D eigenvalue weighted by Gasteiger charge is -2.14. The Hall–Kier alpha value is -16.3.